The molecule has 1 aromatic heterocycles. The molecule has 110 valence electrons. The molecule has 0 bridgehead atoms. The van der Waals surface area contributed by atoms with E-state index in [1.54, 1.807) is 11.3 Å². The van der Waals surface area contributed by atoms with Gasteiger partial charge in [0.15, 0.2) is 0 Å². The minimum absolute atomic E-state index is 0.0668. The van der Waals surface area contributed by atoms with Gasteiger partial charge in [-0.15, -0.1) is 11.3 Å². The Kier molecular flexibility index (Phi) is 5.14. The molecule has 1 aromatic rings. The van der Waals surface area contributed by atoms with E-state index < -0.39 is 0 Å². The first-order chi connectivity index (χ1) is 9.56. The topological polar surface area (TPSA) is 66.6 Å². The number of likely N-dealkylation sites (N-methyl/N-ethyl adjacent to an activating group) is 1. The summed E-state index contributed by atoms with van der Waals surface area (Å²) in [5, 5.41) is 2.04. The number of nitrogens with zero attached hydrogens (tertiary/aromatic N) is 2. The summed E-state index contributed by atoms with van der Waals surface area (Å²) in [6.07, 6.45) is 1.38. The lowest BCUT2D eigenvalue weighted by Crippen LogP contribution is -2.45. The SMILES string of the molecule is CN(CC(=O)N1CCC(C(N)=O)CC1)Cc1cccs1. The normalized spacial score (nSPS) is 16.6. The van der Waals surface area contributed by atoms with Crippen LogP contribution in [0.5, 0.6) is 0 Å². The number of hydrogen-bond acceptors (Lipinski definition) is 4. The molecule has 0 aliphatic carbocycles. The fraction of sp³-hybridized carbons (Fsp3) is 0.571. The molecule has 0 aromatic carbocycles. The minimum atomic E-state index is -0.244. The van der Waals surface area contributed by atoms with Crippen molar-refractivity contribution in [1.29, 1.82) is 0 Å². The second kappa shape index (κ2) is 6.85. The van der Waals surface area contributed by atoms with Crippen LogP contribution in [0.4, 0.5) is 0 Å². The second-order valence-corrected chi connectivity index (χ2v) is 6.34. The van der Waals surface area contributed by atoms with Gasteiger partial charge in [-0.3, -0.25) is 14.5 Å². The first kappa shape index (κ1) is 15.0. The van der Waals surface area contributed by atoms with Crippen LogP contribution in [0, 0.1) is 5.92 Å². The van der Waals surface area contributed by atoms with Gasteiger partial charge in [0.25, 0.3) is 0 Å². The van der Waals surface area contributed by atoms with Gasteiger partial charge in [0.05, 0.1) is 6.54 Å². The molecule has 1 aliphatic heterocycles. The third-order valence-electron chi connectivity index (χ3n) is 3.66. The fourth-order valence-corrected chi connectivity index (χ4v) is 3.25. The van der Waals surface area contributed by atoms with Crippen LogP contribution >= 0.6 is 11.3 Å². The molecule has 1 saturated heterocycles. The molecule has 0 saturated carbocycles. The van der Waals surface area contributed by atoms with Crippen molar-refractivity contribution in [2.45, 2.75) is 19.4 Å². The molecule has 0 radical (unpaired) electrons. The molecular weight excluding hydrogens is 274 g/mol. The van der Waals surface area contributed by atoms with Crippen molar-refractivity contribution in [1.82, 2.24) is 9.80 Å². The van der Waals surface area contributed by atoms with E-state index in [1.165, 1.54) is 4.88 Å². The van der Waals surface area contributed by atoms with Crippen molar-refractivity contribution in [3.63, 3.8) is 0 Å². The number of thiophene rings is 1. The maximum Gasteiger partial charge on any atom is 0.236 e. The van der Waals surface area contributed by atoms with E-state index in [9.17, 15) is 9.59 Å². The molecule has 1 fully saturated rings. The summed E-state index contributed by atoms with van der Waals surface area (Å²) in [7, 11) is 1.95. The molecular formula is C14H21N3O2S. The van der Waals surface area contributed by atoms with Crippen LogP contribution in [0.1, 0.15) is 17.7 Å². The van der Waals surface area contributed by atoms with Gasteiger partial charge in [-0.25, -0.2) is 0 Å². The number of nitrogens with two attached hydrogens (primary N) is 1. The Morgan fingerprint density at radius 3 is 2.70 bits per heavy atom. The number of rotatable bonds is 5. The van der Waals surface area contributed by atoms with Gasteiger partial charge in [-0.1, -0.05) is 6.07 Å². The predicted molar refractivity (Wildman–Crippen MR) is 79.2 cm³/mol. The van der Waals surface area contributed by atoms with Gasteiger partial charge in [0.1, 0.15) is 0 Å². The minimum Gasteiger partial charge on any atom is -0.369 e. The van der Waals surface area contributed by atoms with Crippen molar-refractivity contribution in [3.05, 3.63) is 22.4 Å². The molecule has 0 spiro atoms. The summed E-state index contributed by atoms with van der Waals surface area (Å²) in [6, 6.07) is 4.09. The first-order valence-electron chi connectivity index (χ1n) is 6.84. The summed E-state index contributed by atoms with van der Waals surface area (Å²) >= 11 is 1.70. The lowest BCUT2D eigenvalue weighted by molar-refractivity contribution is -0.135. The Labute approximate surface area is 123 Å². The number of carbonyl (C=O) groups excluding carboxylic acids is 2. The third kappa shape index (κ3) is 4.05. The highest BCUT2D eigenvalue weighted by molar-refractivity contribution is 7.09. The van der Waals surface area contributed by atoms with Gasteiger partial charge in [-0.05, 0) is 31.3 Å². The van der Waals surface area contributed by atoms with E-state index in [2.05, 4.69) is 6.07 Å². The fourth-order valence-electron chi connectivity index (χ4n) is 2.47. The summed E-state index contributed by atoms with van der Waals surface area (Å²) < 4.78 is 0. The van der Waals surface area contributed by atoms with Crippen LogP contribution in [-0.2, 0) is 16.1 Å². The van der Waals surface area contributed by atoms with Crippen LogP contribution in [0.3, 0.4) is 0 Å². The van der Waals surface area contributed by atoms with Crippen molar-refractivity contribution in [2.75, 3.05) is 26.7 Å². The second-order valence-electron chi connectivity index (χ2n) is 5.31. The molecule has 2 heterocycles. The van der Waals surface area contributed by atoms with E-state index in [4.69, 9.17) is 5.73 Å². The van der Waals surface area contributed by atoms with E-state index in [-0.39, 0.29) is 17.7 Å². The van der Waals surface area contributed by atoms with E-state index in [0.717, 1.165) is 6.54 Å². The van der Waals surface area contributed by atoms with Crippen LogP contribution < -0.4 is 5.73 Å². The zero-order valence-electron chi connectivity index (χ0n) is 11.7. The van der Waals surface area contributed by atoms with Gasteiger partial charge in [0, 0.05) is 30.4 Å². The molecule has 0 atom stereocenters. The molecule has 2 rings (SSSR count). The van der Waals surface area contributed by atoms with Crippen molar-refractivity contribution in [2.24, 2.45) is 11.7 Å². The Bertz CT molecular complexity index is 453. The average molecular weight is 295 g/mol. The molecule has 0 unspecified atom stereocenters. The zero-order chi connectivity index (χ0) is 14.5. The average Bonchev–Trinajstić information content (AvgIpc) is 2.91. The Morgan fingerprint density at radius 1 is 1.45 bits per heavy atom. The van der Waals surface area contributed by atoms with E-state index >= 15 is 0 Å². The molecule has 20 heavy (non-hydrogen) atoms. The lowest BCUT2D eigenvalue weighted by Gasteiger charge is -2.31. The first-order valence-corrected chi connectivity index (χ1v) is 7.72. The van der Waals surface area contributed by atoms with Crippen molar-refractivity contribution in [3.8, 4) is 0 Å². The Morgan fingerprint density at radius 2 is 2.15 bits per heavy atom. The highest BCUT2D eigenvalue weighted by Crippen LogP contribution is 2.17. The highest BCUT2D eigenvalue weighted by atomic mass is 32.1. The van der Waals surface area contributed by atoms with E-state index in [0.29, 0.717) is 32.5 Å². The summed E-state index contributed by atoms with van der Waals surface area (Å²) in [6.45, 7) is 2.48. The lowest BCUT2D eigenvalue weighted by atomic mass is 9.96. The number of likely N-dealkylation sites (tertiary alicyclic amines) is 1. The molecule has 2 N–H and O–H groups in total. The smallest absolute Gasteiger partial charge is 0.236 e. The Hall–Kier alpha value is -1.40. The Balaban J connectivity index is 1.76. The van der Waals surface area contributed by atoms with Crippen molar-refractivity contribution >= 4 is 23.2 Å². The standard InChI is InChI=1S/C14H21N3O2S/c1-16(9-12-3-2-8-20-12)10-13(18)17-6-4-11(5-7-17)14(15)19/h2-3,8,11H,4-7,9-10H2,1H3,(H2,15,19). The van der Waals surface area contributed by atoms with Crippen LogP contribution in [-0.4, -0.2) is 48.3 Å². The number of primary amides is 1. The van der Waals surface area contributed by atoms with Gasteiger partial charge in [0.2, 0.25) is 11.8 Å². The maximum atomic E-state index is 12.2. The van der Waals surface area contributed by atoms with Gasteiger partial charge in [-0.2, -0.15) is 0 Å². The number of hydrogen-bond donors (Lipinski definition) is 1. The third-order valence-corrected chi connectivity index (χ3v) is 4.52. The zero-order valence-corrected chi connectivity index (χ0v) is 12.6. The largest absolute Gasteiger partial charge is 0.369 e. The quantitative estimate of drug-likeness (QED) is 0.878. The predicted octanol–water partition coefficient (Wildman–Crippen LogP) is 0.904. The summed E-state index contributed by atoms with van der Waals surface area (Å²) in [5.41, 5.74) is 5.30. The van der Waals surface area contributed by atoms with Gasteiger partial charge >= 0.3 is 0 Å². The monoisotopic (exact) mass is 295 g/mol. The number of amides is 2. The number of carbonyl (C=O) groups is 2. The maximum absolute atomic E-state index is 12.2. The molecule has 1 aliphatic rings. The number of piperidine rings is 1. The molecule has 5 nitrogen and oxygen atoms in total. The molecule has 6 heteroatoms. The van der Waals surface area contributed by atoms with Crippen LogP contribution in [0.25, 0.3) is 0 Å². The molecule has 2 amide bonds. The van der Waals surface area contributed by atoms with Crippen LogP contribution in [0.15, 0.2) is 17.5 Å². The van der Waals surface area contributed by atoms with Crippen LogP contribution in [0.2, 0.25) is 0 Å². The summed E-state index contributed by atoms with van der Waals surface area (Å²) in [5.74, 6) is -0.179. The van der Waals surface area contributed by atoms with E-state index in [1.807, 2.05) is 28.3 Å². The van der Waals surface area contributed by atoms with Crippen molar-refractivity contribution < 1.29 is 9.59 Å². The highest BCUT2D eigenvalue weighted by Gasteiger charge is 2.26. The van der Waals surface area contributed by atoms with Gasteiger partial charge < -0.3 is 10.6 Å². The summed E-state index contributed by atoms with van der Waals surface area (Å²) in [4.78, 5) is 28.4.